The van der Waals surface area contributed by atoms with E-state index in [2.05, 4.69) is 9.88 Å². The zero-order chi connectivity index (χ0) is 18.7. The predicted molar refractivity (Wildman–Crippen MR) is 94.2 cm³/mol. The van der Waals surface area contributed by atoms with Crippen molar-refractivity contribution in [2.75, 3.05) is 32.8 Å². The molecule has 0 radical (unpaired) electrons. The molecule has 0 unspecified atom stereocenters. The van der Waals surface area contributed by atoms with E-state index in [0.29, 0.717) is 49.6 Å². The standard InChI is InChI=1S/C18H27N3O4/c1-6-25-18(24)21-9-7-20(8-10-21)13(4)17(23)16-11(2)15(14(5)22)12(3)19-16/h13,19H,6-10H2,1-5H3/t13-/m1/s1. The maximum atomic E-state index is 12.9. The Labute approximate surface area is 148 Å². The second-order valence-corrected chi connectivity index (χ2v) is 6.44. The van der Waals surface area contributed by atoms with Gasteiger partial charge in [-0.15, -0.1) is 0 Å². The number of hydrogen-bond donors (Lipinski definition) is 1. The lowest BCUT2D eigenvalue weighted by Gasteiger charge is -2.36. The number of rotatable bonds is 5. The lowest BCUT2D eigenvalue weighted by Crippen LogP contribution is -2.53. The summed E-state index contributed by atoms with van der Waals surface area (Å²) in [5.41, 5.74) is 2.55. The second kappa shape index (κ2) is 7.82. The maximum Gasteiger partial charge on any atom is 0.409 e. The van der Waals surface area contributed by atoms with E-state index in [1.165, 1.54) is 6.92 Å². The number of aromatic amines is 1. The van der Waals surface area contributed by atoms with Crippen molar-refractivity contribution < 1.29 is 19.1 Å². The van der Waals surface area contributed by atoms with Crippen LogP contribution in [0.5, 0.6) is 0 Å². The van der Waals surface area contributed by atoms with Gasteiger partial charge < -0.3 is 14.6 Å². The summed E-state index contributed by atoms with van der Waals surface area (Å²) in [4.78, 5) is 43.2. The van der Waals surface area contributed by atoms with Crippen LogP contribution in [-0.2, 0) is 4.74 Å². The van der Waals surface area contributed by atoms with Crippen LogP contribution in [-0.4, -0.2) is 71.3 Å². The fourth-order valence-electron chi connectivity index (χ4n) is 3.41. The smallest absolute Gasteiger partial charge is 0.409 e. The third-order valence-corrected chi connectivity index (χ3v) is 4.80. The minimum atomic E-state index is -0.319. The van der Waals surface area contributed by atoms with E-state index in [0.717, 1.165) is 5.69 Å². The Balaban J connectivity index is 2.06. The molecular formula is C18H27N3O4. The summed E-state index contributed by atoms with van der Waals surface area (Å²) < 4.78 is 5.01. The lowest BCUT2D eigenvalue weighted by molar-refractivity contribution is 0.0601. The summed E-state index contributed by atoms with van der Waals surface area (Å²) in [6.45, 7) is 11.4. The number of nitrogens with one attached hydrogen (secondary N) is 1. The van der Waals surface area contributed by atoms with Crippen molar-refractivity contribution in [3.8, 4) is 0 Å². The third-order valence-electron chi connectivity index (χ3n) is 4.80. The van der Waals surface area contributed by atoms with Crippen LogP contribution in [0.3, 0.4) is 0 Å². The largest absolute Gasteiger partial charge is 0.450 e. The number of Topliss-reactive ketones (excluding diaryl/α,β-unsaturated/α-hetero) is 2. The Morgan fingerprint density at radius 3 is 2.24 bits per heavy atom. The van der Waals surface area contributed by atoms with Gasteiger partial charge >= 0.3 is 6.09 Å². The number of carbonyl (C=O) groups is 3. The summed E-state index contributed by atoms with van der Waals surface area (Å²) in [6.07, 6.45) is -0.303. The van der Waals surface area contributed by atoms with Crippen molar-refractivity contribution in [2.24, 2.45) is 0 Å². The Kier molecular flexibility index (Phi) is 6.00. The number of ketones is 2. The van der Waals surface area contributed by atoms with E-state index in [1.807, 2.05) is 13.8 Å². The summed E-state index contributed by atoms with van der Waals surface area (Å²) in [5.74, 6) is -0.0707. The molecule has 138 valence electrons. The first-order chi connectivity index (χ1) is 11.8. The van der Waals surface area contributed by atoms with Gasteiger partial charge in [0.15, 0.2) is 11.6 Å². The number of ether oxygens (including phenoxy) is 1. The number of H-pyrrole nitrogens is 1. The minimum absolute atomic E-state index is 0.0299. The molecule has 1 atom stereocenters. The van der Waals surface area contributed by atoms with E-state index in [4.69, 9.17) is 4.74 Å². The monoisotopic (exact) mass is 349 g/mol. The maximum absolute atomic E-state index is 12.9. The number of carbonyl (C=O) groups excluding carboxylic acids is 3. The highest BCUT2D eigenvalue weighted by molar-refractivity contribution is 6.05. The molecule has 1 amide bonds. The van der Waals surface area contributed by atoms with Gasteiger partial charge in [-0.3, -0.25) is 14.5 Å². The molecule has 0 aliphatic carbocycles. The molecule has 1 N–H and O–H groups in total. The number of amides is 1. The molecule has 7 heteroatoms. The summed E-state index contributed by atoms with van der Waals surface area (Å²) in [7, 11) is 0. The van der Waals surface area contributed by atoms with Gasteiger partial charge in [0.25, 0.3) is 0 Å². The molecule has 2 heterocycles. The van der Waals surface area contributed by atoms with E-state index in [1.54, 1.807) is 18.7 Å². The van der Waals surface area contributed by atoms with Gasteiger partial charge in [-0.1, -0.05) is 0 Å². The fraction of sp³-hybridized carbons (Fsp3) is 0.611. The van der Waals surface area contributed by atoms with Crippen molar-refractivity contribution in [1.29, 1.82) is 0 Å². The van der Waals surface area contributed by atoms with Gasteiger partial charge in [-0.25, -0.2) is 4.79 Å². The van der Waals surface area contributed by atoms with Crippen LogP contribution in [0.15, 0.2) is 0 Å². The average Bonchev–Trinajstić information content (AvgIpc) is 2.88. The number of nitrogens with zero attached hydrogens (tertiary/aromatic N) is 2. The van der Waals surface area contributed by atoms with Crippen LogP contribution in [0.1, 0.15) is 52.9 Å². The Hall–Kier alpha value is -2.15. The first-order valence-corrected chi connectivity index (χ1v) is 8.68. The molecule has 0 bridgehead atoms. The second-order valence-electron chi connectivity index (χ2n) is 6.44. The molecule has 25 heavy (non-hydrogen) atoms. The van der Waals surface area contributed by atoms with Gasteiger partial charge in [0, 0.05) is 37.4 Å². The molecule has 7 nitrogen and oxygen atoms in total. The van der Waals surface area contributed by atoms with Crippen molar-refractivity contribution in [3.05, 3.63) is 22.5 Å². The van der Waals surface area contributed by atoms with E-state index >= 15 is 0 Å². The van der Waals surface area contributed by atoms with Gasteiger partial charge in [-0.05, 0) is 40.2 Å². The minimum Gasteiger partial charge on any atom is -0.450 e. The molecule has 1 saturated heterocycles. The number of aryl methyl sites for hydroxylation is 1. The summed E-state index contributed by atoms with van der Waals surface area (Å²) in [6, 6.07) is -0.319. The number of hydrogen-bond acceptors (Lipinski definition) is 5. The molecule has 1 aromatic heterocycles. The highest BCUT2D eigenvalue weighted by Crippen LogP contribution is 2.21. The van der Waals surface area contributed by atoms with Crippen LogP contribution in [0.2, 0.25) is 0 Å². The Morgan fingerprint density at radius 2 is 1.76 bits per heavy atom. The van der Waals surface area contributed by atoms with Gasteiger partial charge in [0.05, 0.1) is 18.3 Å². The van der Waals surface area contributed by atoms with Crippen molar-refractivity contribution in [2.45, 2.75) is 40.7 Å². The molecule has 0 saturated carbocycles. The van der Waals surface area contributed by atoms with Crippen LogP contribution in [0, 0.1) is 13.8 Å². The molecule has 0 aromatic carbocycles. The molecule has 2 rings (SSSR count). The van der Waals surface area contributed by atoms with E-state index in [-0.39, 0.29) is 23.7 Å². The first-order valence-electron chi connectivity index (χ1n) is 8.68. The quantitative estimate of drug-likeness (QED) is 0.824. The van der Waals surface area contributed by atoms with E-state index < -0.39 is 0 Å². The Bertz CT molecular complexity index is 672. The molecule has 1 fully saturated rings. The molecule has 1 aromatic rings. The number of aromatic nitrogens is 1. The third kappa shape index (κ3) is 3.92. The SMILES string of the molecule is CCOC(=O)N1CCN([C@H](C)C(=O)c2[nH]c(C)c(C(C)=O)c2C)CC1. The predicted octanol–water partition coefficient (Wildman–Crippen LogP) is 2.18. The van der Waals surface area contributed by atoms with Crippen molar-refractivity contribution in [1.82, 2.24) is 14.8 Å². The van der Waals surface area contributed by atoms with Crippen LogP contribution in [0.4, 0.5) is 4.79 Å². The fourth-order valence-corrected chi connectivity index (χ4v) is 3.41. The molecule has 1 aliphatic heterocycles. The lowest BCUT2D eigenvalue weighted by atomic mass is 10.0. The van der Waals surface area contributed by atoms with Crippen LogP contribution in [0.25, 0.3) is 0 Å². The molecular weight excluding hydrogens is 322 g/mol. The Morgan fingerprint density at radius 1 is 1.16 bits per heavy atom. The van der Waals surface area contributed by atoms with Crippen LogP contribution >= 0.6 is 0 Å². The normalized spacial score (nSPS) is 16.6. The van der Waals surface area contributed by atoms with Crippen molar-refractivity contribution in [3.63, 3.8) is 0 Å². The van der Waals surface area contributed by atoms with Gasteiger partial charge in [0.1, 0.15) is 0 Å². The van der Waals surface area contributed by atoms with Crippen molar-refractivity contribution >= 4 is 17.7 Å². The summed E-state index contributed by atoms with van der Waals surface area (Å²) in [5, 5.41) is 0. The average molecular weight is 349 g/mol. The highest BCUT2D eigenvalue weighted by Gasteiger charge is 2.30. The van der Waals surface area contributed by atoms with Gasteiger partial charge in [0.2, 0.25) is 0 Å². The topological polar surface area (TPSA) is 82.7 Å². The first kappa shape index (κ1) is 19.2. The molecule has 0 spiro atoms. The van der Waals surface area contributed by atoms with E-state index in [9.17, 15) is 14.4 Å². The summed E-state index contributed by atoms with van der Waals surface area (Å²) >= 11 is 0. The number of piperazine rings is 1. The van der Waals surface area contributed by atoms with Gasteiger partial charge in [-0.2, -0.15) is 0 Å². The molecule has 1 aliphatic rings. The zero-order valence-corrected chi connectivity index (χ0v) is 15.6. The highest BCUT2D eigenvalue weighted by atomic mass is 16.6. The zero-order valence-electron chi connectivity index (χ0n) is 15.6. The van der Waals surface area contributed by atoms with Crippen LogP contribution < -0.4 is 0 Å².